The first-order valence-corrected chi connectivity index (χ1v) is 6.81. The van der Waals surface area contributed by atoms with Crippen molar-refractivity contribution in [3.8, 4) is 11.4 Å². The second kappa shape index (κ2) is 6.64. The highest BCUT2D eigenvalue weighted by Crippen LogP contribution is 2.23. The van der Waals surface area contributed by atoms with Gasteiger partial charge < -0.3 is 5.32 Å². The van der Waals surface area contributed by atoms with E-state index in [0.29, 0.717) is 16.8 Å². The monoisotopic (exact) mass is 275 g/mol. The summed E-state index contributed by atoms with van der Waals surface area (Å²) in [6, 6.07) is 7.60. The van der Waals surface area contributed by atoms with Crippen LogP contribution >= 0.6 is 11.6 Å². The van der Waals surface area contributed by atoms with Crippen molar-refractivity contribution < 1.29 is 0 Å². The van der Waals surface area contributed by atoms with E-state index in [1.165, 1.54) is 0 Å². The van der Waals surface area contributed by atoms with Gasteiger partial charge in [-0.2, -0.15) is 0 Å². The molecule has 0 aliphatic carbocycles. The van der Waals surface area contributed by atoms with Crippen molar-refractivity contribution in [3.05, 3.63) is 47.2 Å². The molecule has 4 heteroatoms. The number of rotatable bonds is 5. The largest absolute Gasteiger partial charge is 0.312 e. The highest BCUT2D eigenvalue weighted by molar-refractivity contribution is 6.33. The third kappa shape index (κ3) is 4.01. The van der Waals surface area contributed by atoms with Crippen LogP contribution in [0.5, 0.6) is 0 Å². The van der Waals surface area contributed by atoms with Crippen LogP contribution in [0.4, 0.5) is 0 Å². The molecular formula is C15H18ClN3. The molecule has 0 amide bonds. The smallest absolute Gasteiger partial charge is 0.160 e. The first-order chi connectivity index (χ1) is 9.16. The summed E-state index contributed by atoms with van der Waals surface area (Å²) in [6.45, 7) is 6.15. The van der Waals surface area contributed by atoms with Crippen molar-refractivity contribution in [2.24, 2.45) is 5.92 Å². The number of benzene rings is 1. The van der Waals surface area contributed by atoms with E-state index in [4.69, 9.17) is 11.6 Å². The van der Waals surface area contributed by atoms with Gasteiger partial charge in [0.2, 0.25) is 0 Å². The molecule has 100 valence electrons. The van der Waals surface area contributed by atoms with E-state index in [1.54, 1.807) is 0 Å². The Labute approximate surface area is 119 Å². The first kappa shape index (κ1) is 14.0. The number of nitrogens with zero attached hydrogens (tertiary/aromatic N) is 2. The van der Waals surface area contributed by atoms with Gasteiger partial charge in [-0.15, -0.1) is 0 Å². The molecule has 0 spiro atoms. The Morgan fingerprint density at radius 2 is 1.84 bits per heavy atom. The van der Waals surface area contributed by atoms with Crippen molar-refractivity contribution in [1.82, 2.24) is 15.3 Å². The Bertz CT molecular complexity index is 523. The second-order valence-corrected chi connectivity index (χ2v) is 5.33. The van der Waals surface area contributed by atoms with Gasteiger partial charge in [0.1, 0.15) is 0 Å². The minimum absolute atomic E-state index is 0.642. The molecule has 2 aromatic rings. The predicted molar refractivity (Wildman–Crippen MR) is 79.0 cm³/mol. The quantitative estimate of drug-likeness (QED) is 0.907. The molecular weight excluding hydrogens is 258 g/mol. The zero-order chi connectivity index (χ0) is 13.7. The van der Waals surface area contributed by atoms with Crippen LogP contribution in [0, 0.1) is 5.92 Å². The summed E-state index contributed by atoms with van der Waals surface area (Å²) in [7, 11) is 0. The Kier molecular flexibility index (Phi) is 4.88. The molecule has 0 radical (unpaired) electrons. The van der Waals surface area contributed by atoms with E-state index in [2.05, 4.69) is 29.1 Å². The van der Waals surface area contributed by atoms with Crippen LogP contribution in [0.3, 0.4) is 0 Å². The predicted octanol–water partition coefficient (Wildman–Crippen LogP) is 3.54. The van der Waals surface area contributed by atoms with Crippen molar-refractivity contribution in [2.75, 3.05) is 6.54 Å². The van der Waals surface area contributed by atoms with Crippen molar-refractivity contribution >= 4 is 11.6 Å². The number of hydrogen-bond acceptors (Lipinski definition) is 3. The van der Waals surface area contributed by atoms with Crippen LogP contribution in [-0.4, -0.2) is 16.5 Å². The summed E-state index contributed by atoms with van der Waals surface area (Å²) in [5.41, 5.74) is 1.95. The fourth-order valence-electron chi connectivity index (χ4n) is 1.73. The Hall–Kier alpha value is -1.45. The van der Waals surface area contributed by atoms with Gasteiger partial charge >= 0.3 is 0 Å². The summed E-state index contributed by atoms with van der Waals surface area (Å²) >= 11 is 6.12. The maximum atomic E-state index is 6.12. The van der Waals surface area contributed by atoms with Crippen molar-refractivity contribution in [3.63, 3.8) is 0 Å². The van der Waals surface area contributed by atoms with E-state index >= 15 is 0 Å². The Morgan fingerprint density at radius 1 is 1.16 bits per heavy atom. The third-order valence-corrected chi connectivity index (χ3v) is 3.03. The van der Waals surface area contributed by atoms with Crippen LogP contribution in [-0.2, 0) is 6.54 Å². The molecule has 1 aromatic carbocycles. The molecule has 0 aliphatic heterocycles. The summed E-state index contributed by atoms with van der Waals surface area (Å²) in [5.74, 6) is 1.31. The minimum atomic E-state index is 0.642. The average Bonchev–Trinajstić information content (AvgIpc) is 2.40. The van der Waals surface area contributed by atoms with Gasteiger partial charge in [0.25, 0.3) is 0 Å². The maximum absolute atomic E-state index is 6.12. The molecule has 0 saturated heterocycles. The SMILES string of the molecule is CC(C)CNCc1cnc(-c2ccccc2Cl)nc1. The molecule has 0 saturated carbocycles. The number of hydrogen-bond donors (Lipinski definition) is 1. The zero-order valence-corrected chi connectivity index (χ0v) is 12.0. The van der Waals surface area contributed by atoms with Gasteiger partial charge in [-0.05, 0) is 24.6 Å². The highest BCUT2D eigenvalue weighted by Gasteiger charge is 2.05. The van der Waals surface area contributed by atoms with Gasteiger partial charge in [-0.1, -0.05) is 37.6 Å². The lowest BCUT2D eigenvalue weighted by atomic mass is 10.2. The third-order valence-electron chi connectivity index (χ3n) is 2.70. The lowest BCUT2D eigenvalue weighted by Crippen LogP contribution is -2.19. The van der Waals surface area contributed by atoms with E-state index < -0.39 is 0 Å². The van der Waals surface area contributed by atoms with Crippen molar-refractivity contribution in [2.45, 2.75) is 20.4 Å². The summed E-state index contributed by atoms with van der Waals surface area (Å²) in [5, 5.41) is 4.04. The molecule has 0 fully saturated rings. The number of halogens is 1. The number of aromatic nitrogens is 2. The highest BCUT2D eigenvalue weighted by atomic mass is 35.5. The van der Waals surface area contributed by atoms with E-state index in [9.17, 15) is 0 Å². The summed E-state index contributed by atoms with van der Waals surface area (Å²) < 4.78 is 0. The minimum Gasteiger partial charge on any atom is -0.312 e. The maximum Gasteiger partial charge on any atom is 0.160 e. The van der Waals surface area contributed by atoms with Crippen LogP contribution in [0.15, 0.2) is 36.7 Å². The second-order valence-electron chi connectivity index (χ2n) is 4.92. The van der Waals surface area contributed by atoms with Gasteiger partial charge in [0, 0.05) is 30.1 Å². The summed E-state index contributed by atoms with van der Waals surface area (Å²) in [4.78, 5) is 8.74. The van der Waals surface area contributed by atoms with Gasteiger partial charge in [0.15, 0.2) is 5.82 Å². The topological polar surface area (TPSA) is 37.8 Å². The summed E-state index contributed by atoms with van der Waals surface area (Å²) in [6.07, 6.45) is 3.69. The van der Waals surface area contributed by atoms with Crippen LogP contribution in [0.25, 0.3) is 11.4 Å². The molecule has 0 atom stereocenters. The molecule has 0 unspecified atom stereocenters. The molecule has 0 bridgehead atoms. The molecule has 0 aliphatic rings. The lowest BCUT2D eigenvalue weighted by Gasteiger charge is -2.07. The van der Waals surface area contributed by atoms with Crippen molar-refractivity contribution in [1.29, 1.82) is 0 Å². The molecule has 19 heavy (non-hydrogen) atoms. The molecule has 1 heterocycles. The van der Waals surface area contributed by atoms with Crippen LogP contribution in [0.2, 0.25) is 5.02 Å². The fraction of sp³-hybridized carbons (Fsp3) is 0.333. The zero-order valence-electron chi connectivity index (χ0n) is 11.2. The van der Waals surface area contributed by atoms with Gasteiger partial charge in [-0.25, -0.2) is 9.97 Å². The average molecular weight is 276 g/mol. The number of nitrogens with one attached hydrogen (secondary N) is 1. The normalized spacial score (nSPS) is 10.9. The van der Waals surface area contributed by atoms with E-state index in [1.807, 2.05) is 36.7 Å². The molecule has 1 N–H and O–H groups in total. The van der Waals surface area contributed by atoms with Gasteiger partial charge in [-0.3, -0.25) is 0 Å². The molecule has 1 aromatic heterocycles. The lowest BCUT2D eigenvalue weighted by molar-refractivity contribution is 0.551. The molecule has 2 rings (SSSR count). The van der Waals surface area contributed by atoms with Crippen LogP contribution < -0.4 is 5.32 Å². The molecule has 3 nitrogen and oxygen atoms in total. The Balaban J connectivity index is 2.04. The van der Waals surface area contributed by atoms with Gasteiger partial charge in [0.05, 0.1) is 5.02 Å². The van der Waals surface area contributed by atoms with E-state index in [0.717, 1.165) is 24.2 Å². The first-order valence-electron chi connectivity index (χ1n) is 6.43. The van der Waals surface area contributed by atoms with Crippen LogP contribution in [0.1, 0.15) is 19.4 Å². The van der Waals surface area contributed by atoms with E-state index in [-0.39, 0.29) is 0 Å². The standard InChI is InChI=1S/C15H18ClN3/c1-11(2)7-17-8-12-9-18-15(19-10-12)13-5-3-4-6-14(13)16/h3-6,9-11,17H,7-8H2,1-2H3. The fourth-order valence-corrected chi connectivity index (χ4v) is 1.95. The Morgan fingerprint density at radius 3 is 2.47 bits per heavy atom.